The van der Waals surface area contributed by atoms with Crippen molar-refractivity contribution in [2.24, 2.45) is 5.92 Å². The van der Waals surface area contributed by atoms with E-state index < -0.39 is 67.1 Å². The van der Waals surface area contributed by atoms with Crippen molar-refractivity contribution in [3.63, 3.8) is 0 Å². The van der Waals surface area contributed by atoms with E-state index in [0.29, 0.717) is 24.8 Å². The molecule has 45 heavy (non-hydrogen) atoms. The summed E-state index contributed by atoms with van der Waals surface area (Å²) in [4.78, 5) is 24.7. The number of carbonyl (C=O) groups excluding carboxylic acids is 2. The van der Waals surface area contributed by atoms with E-state index in [2.05, 4.69) is 0 Å². The van der Waals surface area contributed by atoms with Crippen molar-refractivity contribution in [1.29, 1.82) is 0 Å². The molecule has 1 saturated heterocycles. The van der Waals surface area contributed by atoms with Gasteiger partial charge in [-0.05, 0) is 71.1 Å². The fourth-order valence-electron chi connectivity index (χ4n) is 5.40. The number of rotatable bonds is 7. The first-order valence-corrected chi connectivity index (χ1v) is 16.0. The van der Waals surface area contributed by atoms with E-state index in [1.807, 2.05) is 52.8 Å². The molecule has 0 radical (unpaired) electrons. The number of carbonyl (C=O) groups is 2. The number of hydrogen-bond donors (Lipinski definition) is 4. The summed E-state index contributed by atoms with van der Waals surface area (Å²) in [6.07, 6.45) is 5.62. The van der Waals surface area contributed by atoms with Crippen molar-refractivity contribution >= 4 is 11.9 Å². The van der Waals surface area contributed by atoms with Gasteiger partial charge in [0.2, 0.25) is 0 Å². The van der Waals surface area contributed by atoms with E-state index >= 15 is 0 Å². The third kappa shape index (κ3) is 11.0. The highest BCUT2D eigenvalue weighted by atomic mass is 16.7. The highest BCUT2D eigenvalue weighted by Gasteiger charge is 2.52. The lowest BCUT2D eigenvalue weighted by Gasteiger charge is -2.47. The van der Waals surface area contributed by atoms with Gasteiger partial charge in [-0.15, -0.1) is 0 Å². The molecular weight excluding hydrogens is 580 g/mol. The van der Waals surface area contributed by atoms with Gasteiger partial charge in [-0.3, -0.25) is 4.79 Å². The van der Waals surface area contributed by atoms with Gasteiger partial charge in [0.25, 0.3) is 0 Å². The van der Waals surface area contributed by atoms with Crippen LogP contribution < -0.4 is 0 Å². The molecule has 254 valence electrons. The van der Waals surface area contributed by atoms with Crippen molar-refractivity contribution in [1.82, 2.24) is 0 Å². The molecule has 2 heterocycles. The molecule has 0 aliphatic carbocycles. The minimum absolute atomic E-state index is 0.113. The smallest absolute Gasteiger partial charge is 0.336 e. The molecule has 0 amide bonds. The molecule has 10 nitrogen and oxygen atoms in total. The lowest BCUT2D eigenvalue weighted by Crippen LogP contribution is -2.64. The van der Waals surface area contributed by atoms with E-state index in [1.165, 1.54) is 6.08 Å². The third-order valence-corrected chi connectivity index (χ3v) is 8.30. The van der Waals surface area contributed by atoms with Gasteiger partial charge in [-0.25, -0.2) is 4.79 Å². The van der Waals surface area contributed by atoms with Crippen molar-refractivity contribution < 1.29 is 49.0 Å². The van der Waals surface area contributed by atoms with Crippen molar-refractivity contribution in [2.75, 3.05) is 6.61 Å². The molecule has 0 saturated carbocycles. The number of aliphatic hydroxyl groups excluding tert-OH is 4. The molecule has 2 rings (SSSR count). The Morgan fingerprint density at radius 1 is 1.02 bits per heavy atom. The molecule has 0 bridgehead atoms. The van der Waals surface area contributed by atoms with Gasteiger partial charge >= 0.3 is 11.9 Å². The molecule has 2 aliphatic rings. The normalized spacial score (nSPS) is 37.6. The summed E-state index contributed by atoms with van der Waals surface area (Å²) in [5, 5.41) is 42.7. The Kier molecular flexibility index (Phi) is 15.4. The number of esters is 2. The van der Waals surface area contributed by atoms with Crippen LogP contribution in [0.2, 0.25) is 0 Å². The number of ether oxygens (including phenoxy) is 4. The number of allylic oxidation sites excluding steroid dienone is 4. The maximum absolute atomic E-state index is 12.7. The van der Waals surface area contributed by atoms with Crippen molar-refractivity contribution in [3.05, 3.63) is 58.7 Å². The van der Waals surface area contributed by atoms with E-state index in [9.17, 15) is 30.0 Å². The van der Waals surface area contributed by atoms with Gasteiger partial charge in [0.15, 0.2) is 12.4 Å². The molecule has 0 aromatic carbocycles. The second-order valence-electron chi connectivity index (χ2n) is 12.4. The zero-order valence-corrected chi connectivity index (χ0v) is 28.1. The summed E-state index contributed by atoms with van der Waals surface area (Å²) in [7, 11) is 0. The number of hydrogen-bond acceptors (Lipinski definition) is 10. The second kappa shape index (κ2) is 17.9. The molecule has 10 heteroatoms. The summed E-state index contributed by atoms with van der Waals surface area (Å²) >= 11 is 0. The van der Waals surface area contributed by atoms with Crippen LogP contribution in [0, 0.1) is 5.92 Å². The van der Waals surface area contributed by atoms with Crippen molar-refractivity contribution in [2.45, 2.75) is 136 Å². The molecule has 0 aromatic rings. The monoisotopic (exact) mass is 634 g/mol. The summed E-state index contributed by atoms with van der Waals surface area (Å²) in [5.41, 5.74) is 1.38. The van der Waals surface area contributed by atoms with Crippen LogP contribution >= 0.6 is 0 Å². The van der Waals surface area contributed by atoms with Crippen LogP contribution in [0.4, 0.5) is 0 Å². The van der Waals surface area contributed by atoms with Crippen LogP contribution in [-0.4, -0.2) is 87.5 Å². The lowest BCUT2D eigenvalue weighted by atomic mass is 9.88. The fraction of sp³-hybridized carbons (Fsp3) is 0.657. The van der Waals surface area contributed by atoms with Crippen LogP contribution in [0.1, 0.15) is 87.5 Å². The SMILES string of the molecule is CCC(=O)O[C@H]1[C@H](O)[C@H](O)[C@H](O[C@H]2/C(C)=C/C(C)=C/C[C@@H](CC)OC(=O)/C(CO)=C/C=C/C[C@H](O)/C(C)=C/[C@@H]2CC)OC1(C)C. The van der Waals surface area contributed by atoms with E-state index in [4.69, 9.17) is 18.9 Å². The zero-order chi connectivity index (χ0) is 33.9. The van der Waals surface area contributed by atoms with Gasteiger partial charge in [0, 0.05) is 18.8 Å². The first kappa shape index (κ1) is 38.6. The molecule has 0 aromatic heterocycles. The summed E-state index contributed by atoms with van der Waals surface area (Å²) < 4.78 is 23.7. The average molecular weight is 635 g/mol. The maximum atomic E-state index is 12.7. The molecular formula is C35H54O10. The fourth-order valence-corrected chi connectivity index (χ4v) is 5.40. The molecule has 8 atom stereocenters. The Morgan fingerprint density at radius 2 is 1.71 bits per heavy atom. The highest BCUT2D eigenvalue weighted by Crippen LogP contribution is 2.35. The van der Waals surface area contributed by atoms with Gasteiger partial charge in [-0.2, -0.15) is 0 Å². The summed E-state index contributed by atoms with van der Waals surface area (Å²) in [5.74, 6) is -1.35. The maximum Gasteiger partial charge on any atom is 0.336 e. The Morgan fingerprint density at radius 3 is 2.31 bits per heavy atom. The number of aliphatic hydroxyl groups is 4. The summed E-state index contributed by atoms with van der Waals surface area (Å²) in [6.45, 7) is 14.1. The molecule has 1 fully saturated rings. The Balaban J connectivity index is 2.53. The first-order valence-electron chi connectivity index (χ1n) is 16.0. The Labute approximate surface area is 268 Å². The largest absolute Gasteiger partial charge is 0.459 e. The average Bonchev–Trinajstić information content (AvgIpc) is 3.00. The van der Waals surface area contributed by atoms with Crippen LogP contribution in [0.15, 0.2) is 58.7 Å². The van der Waals surface area contributed by atoms with E-state index in [1.54, 1.807) is 32.9 Å². The lowest BCUT2D eigenvalue weighted by molar-refractivity contribution is -0.333. The van der Waals surface area contributed by atoms with Crippen LogP contribution in [0.25, 0.3) is 0 Å². The zero-order valence-electron chi connectivity index (χ0n) is 28.1. The Hall–Kier alpha value is -2.60. The first-order chi connectivity index (χ1) is 21.2. The minimum atomic E-state index is -1.50. The van der Waals surface area contributed by atoms with E-state index in [0.717, 1.165) is 11.1 Å². The highest BCUT2D eigenvalue weighted by molar-refractivity contribution is 5.89. The van der Waals surface area contributed by atoms with Gasteiger partial charge in [-0.1, -0.05) is 56.7 Å². The standard InChI is InChI=1S/C35H54O10/c1-9-24-19-22(5)27(37)15-13-12-14-25(20-36)33(41)42-26(10-2)17-16-21(4)18-23(6)31(24)44-34-30(40)29(39)32(35(7,8)45-34)43-28(38)11-3/h12-14,16,18-19,24,26-27,29-32,34,36-37,39-40H,9-11,15,17,20H2,1-8H3/b13-12+,21-16+,22-19+,23-18+,25-14+/t24-,26+,27-,29+,30-,31-,32-,34+/m0/s1. The van der Waals surface area contributed by atoms with Crippen molar-refractivity contribution in [3.8, 4) is 0 Å². The molecule has 4 N–H and O–H groups in total. The second-order valence-corrected chi connectivity index (χ2v) is 12.4. The topological polar surface area (TPSA) is 152 Å². The van der Waals surface area contributed by atoms with Crippen LogP contribution in [-0.2, 0) is 28.5 Å². The quantitative estimate of drug-likeness (QED) is 0.235. The third-order valence-electron chi connectivity index (χ3n) is 8.30. The van der Waals surface area contributed by atoms with Gasteiger partial charge < -0.3 is 39.4 Å². The predicted molar refractivity (Wildman–Crippen MR) is 171 cm³/mol. The predicted octanol–water partition coefficient (Wildman–Crippen LogP) is 4.37. The van der Waals surface area contributed by atoms with Crippen LogP contribution in [0.3, 0.4) is 0 Å². The molecule has 2 aliphatic heterocycles. The van der Waals surface area contributed by atoms with Crippen LogP contribution in [0.5, 0.6) is 0 Å². The van der Waals surface area contributed by atoms with E-state index in [-0.39, 0.29) is 24.3 Å². The minimum Gasteiger partial charge on any atom is -0.459 e. The number of cyclic esters (lactones) is 1. The van der Waals surface area contributed by atoms with Gasteiger partial charge in [0.05, 0.1) is 24.4 Å². The molecule has 0 spiro atoms. The molecule has 0 unspecified atom stereocenters. The van der Waals surface area contributed by atoms with Gasteiger partial charge in [0.1, 0.15) is 23.9 Å². The Bertz CT molecular complexity index is 1150. The summed E-state index contributed by atoms with van der Waals surface area (Å²) in [6, 6.07) is 0.